The Morgan fingerprint density at radius 1 is 1.44 bits per heavy atom. The predicted octanol–water partition coefficient (Wildman–Crippen LogP) is 2.78. The highest BCUT2D eigenvalue weighted by atomic mass is 19.1. The summed E-state index contributed by atoms with van der Waals surface area (Å²) in [5.41, 5.74) is 0.617. The van der Waals surface area contributed by atoms with Gasteiger partial charge in [0.2, 0.25) is 0 Å². The number of hydrogen-bond acceptors (Lipinski definition) is 3. The normalized spacial score (nSPS) is 12.9. The van der Waals surface area contributed by atoms with E-state index in [4.69, 9.17) is 4.74 Å². The zero-order valence-corrected chi connectivity index (χ0v) is 11.3. The van der Waals surface area contributed by atoms with Crippen molar-refractivity contribution in [3.63, 3.8) is 0 Å². The molecule has 0 aliphatic rings. The summed E-state index contributed by atoms with van der Waals surface area (Å²) in [5, 5.41) is 9.69. The van der Waals surface area contributed by atoms with Crippen LogP contribution in [0.15, 0.2) is 18.2 Å². The number of phenols is 1. The number of aromatic hydroxyl groups is 1. The maximum Gasteiger partial charge on any atom is 0.165 e. The maximum absolute atomic E-state index is 13.3. The van der Waals surface area contributed by atoms with Crippen molar-refractivity contribution in [3.05, 3.63) is 29.6 Å². The highest BCUT2D eigenvalue weighted by Gasteiger charge is 2.15. The van der Waals surface area contributed by atoms with Crippen molar-refractivity contribution >= 4 is 0 Å². The average Bonchev–Trinajstić information content (AvgIpc) is 2.38. The topological polar surface area (TPSA) is 32.7 Å². The van der Waals surface area contributed by atoms with Gasteiger partial charge in [-0.15, -0.1) is 0 Å². The van der Waals surface area contributed by atoms with Gasteiger partial charge < -0.3 is 9.84 Å². The second-order valence-corrected chi connectivity index (χ2v) is 4.47. The number of halogens is 1. The van der Waals surface area contributed by atoms with E-state index < -0.39 is 5.82 Å². The van der Waals surface area contributed by atoms with Crippen LogP contribution in [0.25, 0.3) is 0 Å². The Kier molecular flexibility index (Phi) is 6.09. The zero-order valence-electron chi connectivity index (χ0n) is 11.3. The third kappa shape index (κ3) is 3.96. The minimum atomic E-state index is -0.566. The third-order valence-corrected chi connectivity index (χ3v) is 3.24. The van der Waals surface area contributed by atoms with Crippen LogP contribution < -0.4 is 0 Å². The fraction of sp³-hybridized carbons (Fsp3) is 0.571. The summed E-state index contributed by atoms with van der Waals surface area (Å²) in [4.78, 5) is 2.18. The molecule has 0 aliphatic heterocycles. The number of hydrogen-bond donors (Lipinski definition) is 1. The van der Waals surface area contributed by atoms with Crippen molar-refractivity contribution in [2.45, 2.75) is 32.9 Å². The second-order valence-electron chi connectivity index (χ2n) is 4.47. The molecule has 0 spiro atoms. The number of nitrogens with zero attached hydrogens (tertiary/aromatic N) is 1. The fourth-order valence-corrected chi connectivity index (χ4v) is 1.83. The number of benzene rings is 1. The minimum absolute atomic E-state index is 0.247. The minimum Gasteiger partial charge on any atom is -0.505 e. The Morgan fingerprint density at radius 3 is 2.78 bits per heavy atom. The van der Waals surface area contributed by atoms with Gasteiger partial charge in [-0.1, -0.05) is 19.1 Å². The van der Waals surface area contributed by atoms with Gasteiger partial charge in [-0.25, -0.2) is 4.39 Å². The summed E-state index contributed by atoms with van der Waals surface area (Å²) in [6, 6.07) is 5.00. The van der Waals surface area contributed by atoms with Crippen LogP contribution in [0, 0.1) is 5.82 Å². The number of para-hydroxylation sites is 1. The molecule has 1 rings (SSSR count). The van der Waals surface area contributed by atoms with Crippen molar-refractivity contribution < 1.29 is 14.2 Å². The molecule has 102 valence electrons. The lowest BCUT2D eigenvalue weighted by atomic mass is 10.1. The van der Waals surface area contributed by atoms with E-state index in [9.17, 15) is 9.50 Å². The van der Waals surface area contributed by atoms with Crippen LogP contribution >= 0.6 is 0 Å². The van der Waals surface area contributed by atoms with Crippen molar-refractivity contribution in [1.82, 2.24) is 4.90 Å². The predicted molar refractivity (Wildman–Crippen MR) is 70.1 cm³/mol. The van der Waals surface area contributed by atoms with Crippen LogP contribution in [0.3, 0.4) is 0 Å². The molecule has 1 aromatic rings. The number of methoxy groups -OCH3 is 1. The van der Waals surface area contributed by atoms with Crippen LogP contribution in [-0.4, -0.2) is 36.3 Å². The first kappa shape index (κ1) is 14.9. The standard InChI is InChI=1S/C14H22FNO2/c1-4-11(2)16(8-9-18-3)10-12-6-5-7-13(15)14(12)17/h5-7,11,17H,4,8-10H2,1-3H3. The smallest absolute Gasteiger partial charge is 0.165 e. The molecular weight excluding hydrogens is 233 g/mol. The summed E-state index contributed by atoms with van der Waals surface area (Å²) in [6.07, 6.45) is 1.000. The van der Waals surface area contributed by atoms with E-state index in [1.807, 2.05) is 0 Å². The van der Waals surface area contributed by atoms with E-state index in [2.05, 4.69) is 18.7 Å². The summed E-state index contributed by atoms with van der Waals surface area (Å²) in [5.74, 6) is -0.813. The number of phenolic OH excluding ortho intramolecular Hbond substituents is 1. The summed E-state index contributed by atoms with van der Waals surface area (Å²) in [6.45, 7) is 6.14. The first-order valence-electron chi connectivity index (χ1n) is 6.29. The Balaban J connectivity index is 2.78. The molecule has 0 saturated heterocycles. The second kappa shape index (κ2) is 7.34. The molecule has 18 heavy (non-hydrogen) atoms. The first-order valence-corrected chi connectivity index (χ1v) is 6.29. The van der Waals surface area contributed by atoms with Gasteiger partial charge in [0.1, 0.15) is 0 Å². The van der Waals surface area contributed by atoms with Gasteiger partial charge in [-0.3, -0.25) is 4.90 Å². The summed E-state index contributed by atoms with van der Waals surface area (Å²) >= 11 is 0. The number of ether oxygens (including phenoxy) is 1. The highest BCUT2D eigenvalue weighted by Crippen LogP contribution is 2.23. The molecule has 0 heterocycles. The Bertz CT molecular complexity index is 371. The van der Waals surface area contributed by atoms with Crippen LogP contribution in [0.4, 0.5) is 4.39 Å². The SMILES string of the molecule is CCC(C)N(CCOC)Cc1cccc(F)c1O. The van der Waals surface area contributed by atoms with Gasteiger partial charge in [0, 0.05) is 31.8 Å². The van der Waals surface area contributed by atoms with E-state index in [0.717, 1.165) is 13.0 Å². The molecule has 0 saturated carbocycles. The van der Waals surface area contributed by atoms with E-state index in [0.29, 0.717) is 24.8 Å². The quantitative estimate of drug-likeness (QED) is 0.813. The van der Waals surface area contributed by atoms with Gasteiger partial charge >= 0.3 is 0 Å². The lowest BCUT2D eigenvalue weighted by molar-refractivity contribution is 0.117. The molecule has 1 aromatic carbocycles. The van der Waals surface area contributed by atoms with E-state index in [-0.39, 0.29) is 5.75 Å². The van der Waals surface area contributed by atoms with Crippen molar-refractivity contribution in [2.24, 2.45) is 0 Å². The molecule has 1 atom stereocenters. The zero-order chi connectivity index (χ0) is 13.5. The maximum atomic E-state index is 13.3. The molecule has 0 radical (unpaired) electrons. The lowest BCUT2D eigenvalue weighted by Crippen LogP contribution is -2.34. The monoisotopic (exact) mass is 255 g/mol. The summed E-state index contributed by atoms with van der Waals surface area (Å²) < 4.78 is 18.4. The average molecular weight is 255 g/mol. The molecule has 0 bridgehead atoms. The Morgan fingerprint density at radius 2 is 2.17 bits per heavy atom. The van der Waals surface area contributed by atoms with Gasteiger partial charge in [-0.05, 0) is 19.4 Å². The first-order chi connectivity index (χ1) is 8.60. The molecule has 4 heteroatoms. The van der Waals surface area contributed by atoms with Crippen molar-refractivity contribution in [3.8, 4) is 5.75 Å². The molecule has 1 unspecified atom stereocenters. The van der Waals surface area contributed by atoms with Crippen LogP contribution in [0.5, 0.6) is 5.75 Å². The van der Waals surface area contributed by atoms with Crippen LogP contribution in [-0.2, 0) is 11.3 Å². The van der Waals surface area contributed by atoms with Crippen molar-refractivity contribution in [1.29, 1.82) is 0 Å². The van der Waals surface area contributed by atoms with Crippen LogP contribution in [0.2, 0.25) is 0 Å². The van der Waals surface area contributed by atoms with Gasteiger partial charge in [0.15, 0.2) is 11.6 Å². The van der Waals surface area contributed by atoms with Gasteiger partial charge in [0.25, 0.3) is 0 Å². The van der Waals surface area contributed by atoms with Gasteiger partial charge in [0.05, 0.1) is 6.61 Å². The molecule has 3 nitrogen and oxygen atoms in total. The summed E-state index contributed by atoms with van der Waals surface area (Å²) in [7, 11) is 1.66. The molecule has 0 fully saturated rings. The lowest BCUT2D eigenvalue weighted by Gasteiger charge is -2.28. The van der Waals surface area contributed by atoms with E-state index in [1.54, 1.807) is 19.2 Å². The molecular formula is C14H22FNO2. The Hall–Kier alpha value is -1.13. The fourth-order valence-electron chi connectivity index (χ4n) is 1.83. The molecule has 0 aliphatic carbocycles. The largest absolute Gasteiger partial charge is 0.505 e. The number of rotatable bonds is 7. The van der Waals surface area contributed by atoms with E-state index >= 15 is 0 Å². The van der Waals surface area contributed by atoms with E-state index in [1.165, 1.54) is 6.07 Å². The molecule has 0 amide bonds. The van der Waals surface area contributed by atoms with Gasteiger partial charge in [-0.2, -0.15) is 0 Å². The molecule has 1 N–H and O–H groups in total. The highest BCUT2D eigenvalue weighted by molar-refractivity contribution is 5.33. The Labute approximate surface area is 108 Å². The molecule has 0 aromatic heterocycles. The third-order valence-electron chi connectivity index (χ3n) is 3.24. The van der Waals surface area contributed by atoms with Crippen molar-refractivity contribution in [2.75, 3.05) is 20.3 Å². The van der Waals surface area contributed by atoms with Crippen LogP contribution in [0.1, 0.15) is 25.8 Å².